The maximum absolute atomic E-state index is 11.9. The lowest BCUT2D eigenvalue weighted by Gasteiger charge is -2.08. The molecule has 0 amide bonds. The highest BCUT2D eigenvalue weighted by atomic mass is 16.5. The van der Waals surface area contributed by atoms with Crippen LogP contribution in [0.2, 0.25) is 0 Å². The van der Waals surface area contributed by atoms with Gasteiger partial charge in [-0.2, -0.15) is 0 Å². The van der Waals surface area contributed by atoms with Gasteiger partial charge < -0.3 is 4.74 Å². The van der Waals surface area contributed by atoms with Crippen molar-refractivity contribution in [3.8, 4) is 16.9 Å². The summed E-state index contributed by atoms with van der Waals surface area (Å²) in [6.07, 6.45) is 3.44. The van der Waals surface area contributed by atoms with Crippen molar-refractivity contribution in [1.82, 2.24) is 9.55 Å². The standard InChI is InChI=1S/C18H16N2O2/c1-22-17-9-7-15(8-10-17)16-11-19-18(21)20(13-16)12-14-5-3-2-4-6-14/h2-11,13H,12H2,1H3. The first-order valence-corrected chi connectivity index (χ1v) is 7.01. The van der Waals surface area contributed by atoms with Crippen molar-refractivity contribution in [2.75, 3.05) is 7.11 Å². The van der Waals surface area contributed by atoms with E-state index >= 15 is 0 Å². The summed E-state index contributed by atoms with van der Waals surface area (Å²) in [7, 11) is 1.64. The Balaban J connectivity index is 1.93. The van der Waals surface area contributed by atoms with Gasteiger partial charge in [0, 0.05) is 18.0 Å². The number of ether oxygens (including phenoxy) is 1. The minimum absolute atomic E-state index is 0.249. The van der Waals surface area contributed by atoms with Crippen LogP contribution in [0.1, 0.15) is 5.56 Å². The van der Waals surface area contributed by atoms with Gasteiger partial charge in [-0.25, -0.2) is 9.78 Å². The van der Waals surface area contributed by atoms with Crippen LogP contribution in [-0.4, -0.2) is 16.7 Å². The maximum atomic E-state index is 11.9. The molecule has 22 heavy (non-hydrogen) atoms. The van der Waals surface area contributed by atoms with E-state index in [4.69, 9.17) is 4.74 Å². The van der Waals surface area contributed by atoms with E-state index < -0.39 is 0 Å². The van der Waals surface area contributed by atoms with Gasteiger partial charge in [0.05, 0.1) is 13.7 Å². The van der Waals surface area contributed by atoms with E-state index in [0.29, 0.717) is 6.54 Å². The molecule has 0 N–H and O–H groups in total. The van der Waals surface area contributed by atoms with Crippen molar-refractivity contribution in [3.63, 3.8) is 0 Å². The van der Waals surface area contributed by atoms with E-state index in [0.717, 1.165) is 22.4 Å². The van der Waals surface area contributed by atoms with E-state index in [1.165, 1.54) is 0 Å². The number of rotatable bonds is 4. The maximum Gasteiger partial charge on any atom is 0.347 e. The van der Waals surface area contributed by atoms with Crippen molar-refractivity contribution in [3.05, 3.63) is 83.0 Å². The van der Waals surface area contributed by atoms with Crippen LogP contribution >= 0.6 is 0 Å². The Kier molecular flexibility index (Phi) is 4.01. The molecule has 3 aromatic rings. The summed E-state index contributed by atoms with van der Waals surface area (Å²) in [5.41, 5.74) is 2.72. The second-order valence-electron chi connectivity index (χ2n) is 4.97. The molecule has 0 atom stereocenters. The number of hydrogen-bond acceptors (Lipinski definition) is 3. The van der Waals surface area contributed by atoms with Crippen LogP contribution < -0.4 is 10.4 Å². The Morgan fingerprint density at radius 3 is 2.41 bits per heavy atom. The summed E-state index contributed by atoms with van der Waals surface area (Å²) >= 11 is 0. The first-order valence-electron chi connectivity index (χ1n) is 7.01. The minimum Gasteiger partial charge on any atom is -0.497 e. The molecule has 0 unspecified atom stereocenters. The number of methoxy groups -OCH3 is 1. The molecule has 4 heteroatoms. The molecule has 0 aliphatic rings. The Morgan fingerprint density at radius 1 is 1.00 bits per heavy atom. The largest absolute Gasteiger partial charge is 0.497 e. The molecule has 0 saturated carbocycles. The molecule has 4 nitrogen and oxygen atoms in total. The molecule has 0 radical (unpaired) electrons. The molecule has 0 bridgehead atoms. The summed E-state index contributed by atoms with van der Waals surface area (Å²) in [6, 6.07) is 17.5. The van der Waals surface area contributed by atoms with Crippen LogP contribution in [-0.2, 0) is 6.54 Å². The SMILES string of the molecule is COc1ccc(-c2cnc(=O)n(Cc3ccccc3)c2)cc1. The third kappa shape index (κ3) is 3.06. The molecule has 2 aromatic carbocycles. The number of nitrogens with zero attached hydrogens (tertiary/aromatic N) is 2. The molecule has 3 rings (SSSR count). The number of aromatic nitrogens is 2. The van der Waals surface area contributed by atoms with E-state index in [1.54, 1.807) is 17.9 Å². The van der Waals surface area contributed by atoms with Crippen molar-refractivity contribution in [1.29, 1.82) is 0 Å². The summed E-state index contributed by atoms with van der Waals surface area (Å²) < 4.78 is 6.78. The molecule has 110 valence electrons. The molecule has 0 fully saturated rings. The van der Waals surface area contributed by atoms with Gasteiger partial charge in [0.15, 0.2) is 0 Å². The van der Waals surface area contributed by atoms with Gasteiger partial charge in [-0.15, -0.1) is 0 Å². The van der Waals surface area contributed by atoms with Crippen LogP contribution in [0.3, 0.4) is 0 Å². The number of benzene rings is 2. The zero-order chi connectivity index (χ0) is 15.4. The Morgan fingerprint density at radius 2 is 1.73 bits per heavy atom. The highest BCUT2D eigenvalue weighted by Crippen LogP contribution is 2.20. The molecular formula is C18H16N2O2. The third-order valence-electron chi connectivity index (χ3n) is 3.47. The van der Waals surface area contributed by atoms with Crippen molar-refractivity contribution in [2.45, 2.75) is 6.54 Å². The zero-order valence-electron chi connectivity index (χ0n) is 12.3. The monoisotopic (exact) mass is 292 g/mol. The van der Waals surface area contributed by atoms with Gasteiger partial charge in [-0.1, -0.05) is 42.5 Å². The fourth-order valence-corrected chi connectivity index (χ4v) is 2.28. The Bertz CT molecular complexity index is 808. The summed E-state index contributed by atoms with van der Waals surface area (Å²) in [4.78, 5) is 15.9. The Hall–Kier alpha value is -2.88. The van der Waals surface area contributed by atoms with E-state index in [2.05, 4.69) is 4.98 Å². The highest BCUT2D eigenvalue weighted by Gasteiger charge is 2.04. The van der Waals surface area contributed by atoms with Gasteiger partial charge in [0.2, 0.25) is 0 Å². The third-order valence-corrected chi connectivity index (χ3v) is 3.47. The molecular weight excluding hydrogens is 276 g/mol. The lowest BCUT2D eigenvalue weighted by Crippen LogP contribution is -2.22. The minimum atomic E-state index is -0.249. The van der Waals surface area contributed by atoms with E-state index in [-0.39, 0.29) is 5.69 Å². The zero-order valence-corrected chi connectivity index (χ0v) is 12.3. The second kappa shape index (κ2) is 6.26. The first kappa shape index (κ1) is 14.1. The molecule has 1 aromatic heterocycles. The molecule has 0 aliphatic carbocycles. The smallest absolute Gasteiger partial charge is 0.347 e. The van der Waals surface area contributed by atoms with Gasteiger partial charge in [0.1, 0.15) is 5.75 Å². The summed E-state index contributed by atoms with van der Waals surface area (Å²) in [6.45, 7) is 0.511. The van der Waals surface area contributed by atoms with Crippen LogP contribution in [0.15, 0.2) is 71.8 Å². The normalized spacial score (nSPS) is 10.4. The van der Waals surface area contributed by atoms with Gasteiger partial charge in [-0.3, -0.25) is 4.57 Å². The summed E-state index contributed by atoms with van der Waals surface area (Å²) in [5.74, 6) is 0.800. The van der Waals surface area contributed by atoms with Crippen LogP contribution in [0.5, 0.6) is 5.75 Å². The fourth-order valence-electron chi connectivity index (χ4n) is 2.28. The van der Waals surface area contributed by atoms with Crippen LogP contribution in [0, 0.1) is 0 Å². The van der Waals surface area contributed by atoms with Crippen molar-refractivity contribution >= 4 is 0 Å². The summed E-state index contributed by atoms with van der Waals surface area (Å²) in [5, 5.41) is 0. The lowest BCUT2D eigenvalue weighted by molar-refractivity contribution is 0.415. The molecule has 0 aliphatic heterocycles. The van der Waals surface area contributed by atoms with Crippen molar-refractivity contribution < 1.29 is 4.74 Å². The van der Waals surface area contributed by atoms with Crippen molar-refractivity contribution in [2.24, 2.45) is 0 Å². The second-order valence-corrected chi connectivity index (χ2v) is 4.97. The van der Waals surface area contributed by atoms with Gasteiger partial charge in [0.25, 0.3) is 0 Å². The van der Waals surface area contributed by atoms with Crippen LogP contribution in [0.25, 0.3) is 11.1 Å². The predicted octanol–water partition coefficient (Wildman–Crippen LogP) is 2.97. The molecule has 0 spiro atoms. The van der Waals surface area contributed by atoms with E-state index in [9.17, 15) is 4.79 Å². The average Bonchev–Trinajstić information content (AvgIpc) is 2.58. The lowest BCUT2D eigenvalue weighted by atomic mass is 10.1. The molecule has 0 saturated heterocycles. The topological polar surface area (TPSA) is 44.1 Å². The number of hydrogen-bond donors (Lipinski definition) is 0. The average molecular weight is 292 g/mol. The van der Waals surface area contributed by atoms with Gasteiger partial charge >= 0.3 is 5.69 Å². The Labute approximate surface area is 128 Å². The first-order chi connectivity index (χ1) is 10.8. The fraction of sp³-hybridized carbons (Fsp3) is 0.111. The van der Waals surface area contributed by atoms with Crippen LogP contribution in [0.4, 0.5) is 0 Å². The molecule has 1 heterocycles. The van der Waals surface area contributed by atoms with Gasteiger partial charge in [-0.05, 0) is 23.3 Å². The predicted molar refractivity (Wildman–Crippen MR) is 86.0 cm³/mol. The van der Waals surface area contributed by atoms with E-state index in [1.807, 2.05) is 60.8 Å². The quantitative estimate of drug-likeness (QED) is 0.742. The highest BCUT2D eigenvalue weighted by molar-refractivity contribution is 5.62.